The number of nitrogens with one attached hydrogen (secondary N) is 1. The first-order valence-corrected chi connectivity index (χ1v) is 12.9. The number of anilines is 1. The molecule has 0 aromatic heterocycles. The van der Waals surface area contributed by atoms with Crippen molar-refractivity contribution in [2.45, 2.75) is 12.3 Å². The van der Waals surface area contributed by atoms with E-state index >= 15 is 0 Å². The van der Waals surface area contributed by atoms with Crippen molar-refractivity contribution in [3.05, 3.63) is 165 Å². The molecular formula is C33H25Cl2NO2. The van der Waals surface area contributed by atoms with Gasteiger partial charge < -0.3 is 10.4 Å². The SMILES string of the molecule is Cc1c(Cl)ccc(O)c1C(=O)Nc1ccc(C(c2ccccc2)(c2ccccc2)c2ccccc2)cc1Cl. The fourth-order valence-corrected chi connectivity index (χ4v) is 5.44. The zero-order valence-corrected chi connectivity index (χ0v) is 22.2. The summed E-state index contributed by atoms with van der Waals surface area (Å²) in [6, 6.07) is 39.6. The van der Waals surface area contributed by atoms with E-state index in [4.69, 9.17) is 23.2 Å². The molecule has 0 spiro atoms. The zero-order chi connectivity index (χ0) is 26.7. The highest BCUT2D eigenvalue weighted by molar-refractivity contribution is 6.34. The first-order valence-electron chi connectivity index (χ1n) is 12.2. The second kappa shape index (κ2) is 10.7. The summed E-state index contributed by atoms with van der Waals surface area (Å²) in [6.07, 6.45) is 0. The number of carbonyl (C=O) groups is 1. The lowest BCUT2D eigenvalue weighted by Crippen LogP contribution is -2.31. The van der Waals surface area contributed by atoms with Crippen LogP contribution in [0.2, 0.25) is 10.0 Å². The number of phenols is 1. The molecule has 0 aliphatic carbocycles. The van der Waals surface area contributed by atoms with Gasteiger partial charge in [0.2, 0.25) is 0 Å². The van der Waals surface area contributed by atoms with E-state index < -0.39 is 11.3 Å². The Kier molecular flexibility index (Phi) is 7.24. The summed E-state index contributed by atoms with van der Waals surface area (Å²) in [6.45, 7) is 1.69. The minimum atomic E-state index is -0.655. The molecule has 0 saturated carbocycles. The number of aromatic hydroxyl groups is 1. The lowest BCUT2D eigenvalue weighted by molar-refractivity contribution is 0.102. The van der Waals surface area contributed by atoms with Crippen molar-refractivity contribution in [3.63, 3.8) is 0 Å². The minimum absolute atomic E-state index is 0.116. The van der Waals surface area contributed by atoms with Crippen LogP contribution >= 0.6 is 23.2 Å². The van der Waals surface area contributed by atoms with E-state index in [9.17, 15) is 9.90 Å². The van der Waals surface area contributed by atoms with Gasteiger partial charge in [-0.25, -0.2) is 0 Å². The van der Waals surface area contributed by atoms with Crippen LogP contribution in [0.25, 0.3) is 0 Å². The highest BCUT2D eigenvalue weighted by atomic mass is 35.5. The van der Waals surface area contributed by atoms with Crippen molar-refractivity contribution in [2.24, 2.45) is 0 Å². The summed E-state index contributed by atoms with van der Waals surface area (Å²) in [5, 5.41) is 13.9. The average molecular weight is 538 g/mol. The summed E-state index contributed by atoms with van der Waals surface area (Å²) < 4.78 is 0. The second-order valence-electron chi connectivity index (χ2n) is 9.06. The van der Waals surface area contributed by atoms with Gasteiger partial charge in [0.25, 0.3) is 5.91 Å². The van der Waals surface area contributed by atoms with Gasteiger partial charge in [-0.05, 0) is 59.0 Å². The predicted octanol–water partition coefficient (Wildman–Crippen LogP) is 8.64. The topological polar surface area (TPSA) is 49.3 Å². The van der Waals surface area contributed by atoms with Crippen LogP contribution < -0.4 is 5.32 Å². The van der Waals surface area contributed by atoms with Gasteiger partial charge in [0, 0.05) is 5.02 Å². The summed E-state index contributed by atoms with van der Waals surface area (Å²) in [7, 11) is 0. The van der Waals surface area contributed by atoms with E-state index in [1.54, 1.807) is 19.1 Å². The average Bonchev–Trinajstić information content (AvgIpc) is 2.95. The Labute approximate surface area is 232 Å². The molecule has 5 aromatic carbocycles. The maximum absolute atomic E-state index is 13.1. The van der Waals surface area contributed by atoms with Crippen LogP contribution in [0.4, 0.5) is 5.69 Å². The first kappa shape index (κ1) is 25.6. The zero-order valence-electron chi connectivity index (χ0n) is 20.7. The molecule has 0 fully saturated rings. The number of rotatable bonds is 6. The van der Waals surface area contributed by atoms with E-state index in [2.05, 4.69) is 41.7 Å². The molecule has 38 heavy (non-hydrogen) atoms. The molecule has 2 N–H and O–H groups in total. The van der Waals surface area contributed by atoms with Gasteiger partial charge in [0.15, 0.2) is 0 Å². The smallest absolute Gasteiger partial charge is 0.259 e. The molecule has 5 heteroatoms. The molecular weight excluding hydrogens is 513 g/mol. The first-order chi connectivity index (χ1) is 18.4. The maximum Gasteiger partial charge on any atom is 0.259 e. The molecule has 188 valence electrons. The highest BCUT2D eigenvalue weighted by Crippen LogP contribution is 2.46. The fraction of sp³-hybridized carbons (Fsp3) is 0.0606. The summed E-state index contributed by atoms with van der Waals surface area (Å²) in [4.78, 5) is 13.1. The Bertz CT molecular complexity index is 1490. The normalized spacial score (nSPS) is 11.2. The maximum atomic E-state index is 13.1. The summed E-state index contributed by atoms with van der Waals surface area (Å²) >= 11 is 13.0. The second-order valence-corrected chi connectivity index (χ2v) is 9.88. The van der Waals surface area contributed by atoms with Crippen molar-refractivity contribution in [3.8, 4) is 5.75 Å². The fourth-order valence-electron chi connectivity index (χ4n) is 5.06. The van der Waals surface area contributed by atoms with Crippen LogP contribution in [-0.2, 0) is 5.41 Å². The number of hydrogen-bond acceptors (Lipinski definition) is 2. The molecule has 1 amide bonds. The van der Waals surface area contributed by atoms with Gasteiger partial charge in [0.05, 0.1) is 21.7 Å². The van der Waals surface area contributed by atoms with E-state index in [1.165, 1.54) is 6.07 Å². The van der Waals surface area contributed by atoms with E-state index in [0.717, 1.165) is 22.3 Å². The Morgan fingerprint density at radius 2 is 1.16 bits per heavy atom. The Morgan fingerprint density at radius 1 is 0.658 bits per heavy atom. The van der Waals surface area contributed by atoms with E-state index in [0.29, 0.717) is 21.3 Å². The molecule has 0 heterocycles. The van der Waals surface area contributed by atoms with E-state index in [-0.39, 0.29) is 11.3 Å². The van der Waals surface area contributed by atoms with Crippen LogP contribution in [0.1, 0.15) is 38.2 Å². The van der Waals surface area contributed by atoms with Gasteiger partial charge in [-0.2, -0.15) is 0 Å². The molecule has 5 rings (SSSR count). The number of phenolic OH excluding ortho intramolecular Hbond substituents is 1. The Balaban J connectivity index is 1.66. The van der Waals surface area contributed by atoms with Gasteiger partial charge in [0.1, 0.15) is 5.75 Å². The van der Waals surface area contributed by atoms with Crippen molar-refractivity contribution in [1.82, 2.24) is 0 Å². The van der Waals surface area contributed by atoms with Crippen molar-refractivity contribution in [1.29, 1.82) is 0 Å². The molecule has 5 aromatic rings. The molecule has 0 saturated heterocycles. The van der Waals surface area contributed by atoms with Gasteiger partial charge in [-0.15, -0.1) is 0 Å². The molecule has 3 nitrogen and oxygen atoms in total. The third-order valence-corrected chi connectivity index (χ3v) is 7.60. The standard InChI is InChI=1S/C33H25Cl2NO2/c1-22-27(34)18-20-30(37)31(22)32(38)36-29-19-17-26(21-28(29)35)33(23-11-5-2-6-12-23,24-13-7-3-8-14-24)25-15-9-4-10-16-25/h2-21,37H,1H3,(H,36,38). The number of hydrogen-bond donors (Lipinski definition) is 2. The Hall–Kier alpha value is -4.05. The quantitative estimate of drug-likeness (QED) is 0.213. The molecule has 0 unspecified atom stereocenters. The number of amides is 1. The van der Waals surface area contributed by atoms with Crippen molar-refractivity contribution in [2.75, 3.05) is 5.32 Å². The van der Waals surface area contributed by atoms with Crippen LogP contribution in [0.3, 0.4) is 0 Å². The summed E-state index contributed by atoms with van der Waals surface area (Å²) in [5.74, 6) is -0.633. The lowest BCUT2D eigenvalue weighted by atomic mass is 9.65. The van der Waals surface area contributed by atoms with Gasteiger partial charge >= 0.3 is 0 Å². The van der Waals surface area contributed by atoms with E-state index in [1.807, 2.05) is 66.7 Å². The number of carbonyl (C=O) groups excluding carboxylic acids is 1. The van der Waals surface area contributed by atoms with Crippen LogP contribution in [0, 0.1) is 6.92 Å². The lowest BCUT2D eigenvalue weighted by Gasteiger charge is -2.37. The number of halogens is 2. The molecule has 0 radical (unpaired) electrons. The van der Waals surface area contributed by atoms with Crippen LogP contribution in [0.5, 0.6) is 5.75 Å². The Morgan fingerprint density at radius 3 is 1.63 bits per heavy atom. The largest absolute Gasteiger partial charge is 0.507 e. The molecule has 0 aliphatic heterocycles. The number of benzene rings is 5. The van der Waals surface area contributed by atoms with Crippen molar-refractivity contribution >= 4 is 34.8 Å². The summed E-state index contributed by atoms with van der Waals surface area (Å²) in [5.41, 5.74) is 4.60. The van der Waals surface area contributed by atoms with Crippen LogP contribution in [0.15, 0.2) is 121 Å². The monoisotopic (exact) mass is 537 g/mol. The van der Waals surface area contributed by atoms with Crippen molar-refractivity contribution < 1.29 is 9.90 Å². The molecule has 0 atom stereocenters. The molecule has 0 aliphatic rings. The minimum Gasteiger partial charge on any atom is -0.507 e. The highest BCUT2D eigenvalue weighted by Gasteiger charge is 2.38. The molecule has 0 bridgehead atoms. The third-order valence-electron chi connectivity index (χ3n) is 6.87. The van der Waals surface area contributed by atoms with Gasteiger partial charge in [-0.1, -0.05) is 120 Å². The predicted molar refractivity (Wildman–Crippen MR) is 156 cm³/mol. The van der Waals surface area contributed by atoms with Gasteiger partial charge in [-0.3, -0.25) is 4.79 Å². The third kappa shape index (κ3) is 4.56. The van der Waals surface area contributed by atoms with Crippen LogP contribution in [-0.4, -0.2) is 11.0 Å².